The molecule has 1 aromatic rings. The lowest BCUT2D eigenvalue weighted by Gasteiger charge is -2.34. The first-order valence-corrected chi connectivity index (χ1v) is 11.6. The molecule has 1 heterocycles. The third-order valence-electron chi connectivity index (χ3n) is 5.73. The molecule has 1 amide bonds. The molecule has 2 fully saturated rings. The van der Waals surface area contributed by atoms with Crippen molar-refractivity contribution >= 4 is 15.9 Å². The second-order valence-electron chi connectivity index (χ2n) is 8.17. The zero-order valence-electron chi connectivity index (χ0n) is 16.8. The predicted octanol–water partition coefficient (Wildman–Crippen LogP) is 3.35. The molecule has 0 N–H and O–H groups in total. The molecule has 0 aromatic heterocycles. The molecule has 0 unspecified atom stereocenters. The first-order chi connectivity index (χ1) is 12.8. The molecular weight excluding hydrogens is 360 g/mol. The van der Waals surface area contributed by atoms with E-state index >= 15 is 0 Å². The maximum atomic E-state index is 13.0. The third-order valence-corrected chi connectivity index (χ3v) is 7.79. The lowest BCUT2D eigenvalue weighted by molar-refractivity contribution is -0.137. The Hall–Kier alpha value is -1.40. The number of sulfonamides is 1. The topological polar surface area (TPSA) is 57.7 Å². The van der Waals surface area contributed by atoms with Crippen LogP contribution in [0.1, 0.15) is 50.2 Å². The molecule has 5 nitrogen and oxygen atoms in total. The van der Waals surface area contributed by atoms with Gasteiger partial charge in [0.1, 0.15) is 0 Å². The van der Waals surface area contributed by atoms with E-state index in [9.17, 15) is 13.2 Å². The average Bonchev–Trinajstić information content (AvgIpc) is 3.44. The van der Waals surface area contributed by atoms with Gasteiger partial charge >= 0.3 is 0 Å². The normalized spacial score (nSPS) is 19.2. The van der Waals surface area contributed by atoms with Gasteiger partial charge in [-0.05, 0) is 63.5 Å². The highest BCUT2D eigenvalue weighted by molar-refractivity contribution is 7.89. The number of hydrogen-bond donors (Lipinski definition) is 0. The molecule has 0 radical (unpaired) electrons. The number of aryl methyl sites for hydroxylation is 2. The number of hydrogen-bond acceptors (Lipinski definition) is 3. The molecular formula is C21H32N2O3S. The van der Waals surface area contributed by atoms with Crippen LogP contribution in [0.2, 0.25) is 0 Å². The first-order valence-electron chi connectivity index (χ1n) is 10.2. The predicted molar refractivity (Wildman–Crippen MR) is 107 cm³/mol. The monoisotopic (exact) mass is 392 g/mol. The van der Waals surface area contributed by atoms with Crippen LogP contribution in [-0.4, -0.2) is 49.7 Å². The van der Waals surface area contributed by atoms with Gasteiger partial charge in [-0.2, -0.15) is 4.31 Å². The summed E-state index contributed by atoms with van der Waals surface area (Å²) < 4.78 is 27.6. The van der Waals surface area contributed by atoms with E-state index in [1.54, 1.807) is 10.4 Å². The standard InChI is InChI=1S/C21H32N2O3S/c1-4-11-22(15-18-6-7-18)21(24)19-9-12-23(13-10-19)27(25,26)20-8-5-16(2)14-17(20)3/h5,8,14,18-19H,4,6-7,9-13,15H2,1-3H3. The zero-order valence-corrected chi connectivity index (χ0v) is 17.6. The van der Waals surface area contributed by atoms with Crippen LogP contribution in [0.3, 0.4) is 0 Å². The van der Waals surface area contributed by atoms with E-state index in [-0.39, 0.29) is 11.8 Å². The molecule has 6 heteroatoms. The number of carbonyl (C=O) groups is 1. The van der Waals surface area contributed by atoms with Gasteiger partial charge in [0.25, 0.3) is 0 Å². The highest BCUT2D eigenvalue weighted by Gasteiger charge is 2.35. The van der Waals surface area contributed by atoms with Crippen LogP contribution in [0.5, 0.6) is 0 Å². The van der Waals surface area contributed by atoms with Crippen molar-refractivity contribution in [3.05, 3.63) is 29.3 Å². The van der Waals surface area contributed by atoms with E-state index in [0.29, 0.717) is 36.7 Å². The minimum absolute atomic E-state index is 0.0409. The summed E-state index contributed by atoms with van der Waals surface area (Å²) >= 11 is 0. The number of rotatable bonds is 7. The Bertz CT molecular complexity index is 779. The zero-order chi connectivity index (χ0) is 19.6. The summed E-state index contributed by atoms with van der Waals surface area (Å²) in [6.45, 7) is 8.46. The quantitative estimate of drug-likeness (QED) is 0.715. The van der Waals surface area contributed by atoms with Crippen molar-refractivity contribution in [3.8, 4) is 0 Å². The summed E-state index contributed by atoms with van der Waals surface area (Å²) in [5.41, 5.74) is 1.84. The highest BCUT2D eigenvalue weighted by atomic mass is 32.2. The van der Waals surface area contributed by atoms with Crippen molar-refractivity contribution in [2.75, 3.05) is 26.2 Å². The Labute approximate surface area is 163 Å². The van der Waals surface area contributed by atoms with Gasteiger partial charge in [-0.15, -0.1) is 0 Å². The maximum Gasteiger partial charge on any atom is 0.243 e. The molecule has 2 aliphatic rings. The van der Waals surface area contributed by atoms with Crippen molar-refractivity contribution < 1.29 is 13.2 Å². The number of amides is 1. The highest BCUT2D eigenvalue weighted by Crippen LogP contribution is 2.32. The molecule has 150 valence electrons. The molecule has 1 aliphatic carbocycles. The van der Waals surface area contributed by atoms with E-state index in [2.05, 4.69) is 6.92 Å². The molecule has 1 aromatic carbocycles. The van der Waals surface area contributed by atoms with E-state index in [1.807, 2.05) is 30.9 Å². The van der Waals surface area contributed by atoms with Gasteiger partial charge in [-0.1, -0.05) is 24.6 Å². The fraction of sp³-hybridized carbons (Fsp3) is 0.667. The second-order valence-corrected chi connectivity index (χ2v) is 10.1. The van der Waals surface area contributed by atoms with E-state index in [4.69, 9.17) is 0 Å². The van der Waals surface area contributed by atoms with E-state index in [1.165, 1.54) is 12.8 Å². The van der Waals surface area contributed by atoms with Gasteiger partial charge in [0.2, 0.25) is 15.9 Å². The minimum Gasteiger partial charge on any atom is -0.342 e. The van der Waals surface area contributed by atoms with Crippen LogP contribution < -0.4 is 0 Å². The third kappa shape index (κ3) is 4.72. The van der Waals surface area contributed by atoms with E-state index in [0.717, 1.165) is 30.6 Å². The Morgan fingerprint density at radius 2 is 1.81 bits per heavy atom. The van der Waals surface area contributed by atoms with Gasteiger partial charge in [0.15, 0.2) is 0 Å². The van der Waals surface area contributed by atoms with Crippen LogP contribution in [0.15, 0.2) is 23.1 Å². The molecule has 3 rings (SSSR count). The molecule has 27 heavy (non-hydrogen) atoms. The molecule has 0 atom stereocenters. The first kappa shape index (κ1) is 20.3. The number of piperidine rings is 1. The Balaban J connectivity index is 1.64. The summed E-state index contributed by atoms with van der Waals surface area (Å²) in [4.78, 5) is 15.3. The summed E-state index contributed by atoms with van der Waals surface area (Å²) in [7, 11) is -3.49. The maximum absolute atomic E-state index is 13.0. The number of nitrogens with zero attached hydrogens (tertiary/aromatic N) is 2. The van der Waals surface area contributed by atoms with Gasteiger partial charge in [-0.25, -0.2) is 8.42 Å². The molecule has 0 spiro atoms. The second kappa shape index (κ2) is 8.31. The van der Waals surface area contributed by atoms with Gasteiger partial charge in [0, 0.05) is 32.1 Å². The molecule has 0 bridgehead atoms. The van der Waals surface area contributed by atoms with Crippen molar-refractivity contribution in [2.45, 2.75) is 57.8 Å². The Kier molecular flexibility index (Phi) is 6.26. The van der Waals surface area contributed by atoms with Crippen molar-refractivity contribution in [3.63, 3.8) is 0 Å². The van der Waals surface area contributed by atoms with Crippen LogP contribution in [0.25, 0.3) is 0 Å². The molecule has 1 aliphatic heterocycles. The molecule has 1 saturated heterocycles. The fourth-order valence-corrected chi connectivity index (χ4v) is 5.68. The average molecular weight is 393 g/mol. The van der Waals surface area contributed by atoms with Crippen LogP contribution >= 0.6 is 0 Å². The van der Waals surface area contributed by atoms with Gasteiger partial charge < -0.3 is 4.90 Å². The number of benzene rings is 1. The van der Waals surface area contributed by atoms with Gasteiger partial charge in [-0.3, -0.25) is 4.79 Å². The largest absolute Gasteiger partial charge is 0.342 e. The van der Waals surface area contributed by atoms with E-state index < -0.39 is 10.0 Å². The molecule has 1 saturated carbocycles. The van der Waals surface area contributed by atoms with Crippen molar-refractivity contribution in [1.82, 2.24) is 9.21 Å². The summed E-state index contributed by atoms with van der Waals surface area (Å²) in [5, 5.41) is 0. The Morgan fingerprint density at radius 3 is 2.37 bits per heavy atom. The van der Waals surface area contributed by atoms with Crippen LogP contribution in [0, 0.1) is 25.7 Å². The Morgan fingerprint density at radius 1 is 1.15 bits per heavy atom. The lowest BCUT2D eigenvalue weighted by atomic mass is 9.96. The van der Waals surface area contributed by atoms with Crippen molar-refractivity contribution in [1.29, 1.82) is 0 Å². The smallest absolute Gasteiger partial charge is 0.243 e. The summed E-state index contributed by atoms with van der Waals surface area (Å²) in [5.74, 6) is 0.874. The fourth-order valence-electron chi connectivity index (χ4n) is 4.00. The van der Waals surface area contributed by atoms with Gasteiger partial charge in [0.05, 0.1) is 4.90 Å². The SMILES string of the molecule is CCCN(CC1CC1)C(=O)C1CCN(S(=O)(=O)c2ccc(C)cc2C)CC1. The van der Waals surface area contributed by atoms with Crippen LogP contribution in [-0.2, 0) is 14.8 Å². The number of carbonyl (C=O) groups excluding carboxylic acids is 1. The minimum atomic E-state index is -3.49. The summed E-state index contributed by atoms with van der Waals surface area (Å²) in [6.07, 6.45) is 4.68. The van der Waals surface area contributed by atoms with Crippen LogP contribution in [0.4, 0.5) is 0 Å². The summed E-state index contributed by atoms with van der Waals surface area (Å²) in [6, 6.07) is 5.45. The lowest BCUT2D eigenvalue weighted by Crippen LogP contribution is -2.45. The van der Waals surface area contributed by atoms with Crippen molar-refractivity contribution in [2.24, 2.45) is 11.8 Å².